The van der Waals surface area contributed by atoms with Crippen LogP contribution >= 0.6 is 15.9 Å². The van der Waals surface area contributed by atoms with Gasteiger partial charge in [0.25, 0.3) is 5.91 Å². The van der Waals surface area contributed by atoms with Gasteiger partial charge in [0.2, 0.25) is 0 Å². The first kappa shape index (κ1) is 16.1. The lowest BCUT2D eigenvalue weighted by atomic mass is 10.1. The fourth-order valence-electron chi connectivity index (χ4n) is 2.70. The van der Waals surface area contributed by atoms with Crippen LogP contribution in [-0.4, -0.2) is 34.9 Å². The van der Waals surface area contributed by atoms with E-state index in [1.165, 1.54) is 0 Å². The van der Waals surface area contributed by atoms with E-state index < -0.39 is 0 Å². The Hall–Kier alpha value is -1.82. The molecule has 1 aliphatic heterocycles. The first-order valence-electron chi connectivity index (χ1n) is 7.71. The van der Waals surface area contributed by atoms with Crippen molar-refractivity contribution in [3.8, 4) is 0 Å². The van der Waals surface area contributed by atoms with Crippen LogP contribution in [0.3, 0.4) is 0 Å². The minimum absolute atomic E-state index is 0.0510. The zero-order chi connectivity index (χ0) is 16.6. The minimum atomic E-state index is -0.266. The standard InChI is InChI=1S/C17H21BrN4O/c1-17(2,3)21-16(23)13-9-22(10-15-19-6-7-20-15)14-8-11(18)4-5-12(13)14/h4-5,8-9H,6-7,10H2,1-3H3,(H,19,20)(H,21,23). The van der Waals surface area contributed by atoms with Crippen molar-refractivity contribution in [2.45, 2.75) is 32.9 Å². The Morgan fingerprint density at radius 3 is 2.87 bits per heavy atom. The van der Waals surface area contributed by atoms with E-state index in [0.717, 1.165) is 34.3 Å². The fraction of sp³-hybridized carbons (Fsp3) is 0.412. The number of fused-ring (bicyclic) bond motifs is 1. The molecule has 6 heteroatoms. The van der Waals surface area contributed by atoms with Crippen LogP contribution < -0.4 is 10.6 Å². The van der Waals surface area contributed by atoms with Crippen LogP contribution in [0.25, 0.3) is 10.9 Å². The van der Waals surface area contributed by atoms with Crippen molar-refractivity contribution in [1.82, 2.24) is 15.2 Å². The van der Waals surface area contributed by atoms with Crippen LogP contribution in [0.15, 0.2) is 33.9 Å². The maximum atomic E-state index is 12.6. The molecule has 1 aromatic carbocycles. The Morgan fingerprint density at radius 2 is 2.22 bits per heavy atom. The van der Waals surface area contributed by atoms with E-state index in [1.54, 1.807) is 0 Å². The smallest absolute Gasteiger partial charge is 0.253 e. The number of nitrogens with zero attached hydrogens (tertiary/aromatic N) is 2. The average Bonchev–Trinajstić information content (AvgIpc) is 3.06. The Kier molecular flexibility index (Phi) is 4.19. The summed E-state index contributed by atoms with van der Waals surface area (Å²) in [6.45, 7) is 8.30. The molecule has 0 aliphatic carbocycles. The summed E-state index contributed by atoms with van der Waals surface area (Å²) in [7, 11) is 0. The third-order valence-corrected chi connectivity index (χ3v) is 4.13. The Balaban J connectivity index is 2.03. The highest BCUT2D eigenvalue weighted by molar-refractivity contribution is 9.10. The summed E-state index contributed by atoms with van der Waals surface area (Å²) in [6.07, 6.45) is 1.92. The molecule has 0 saturated heterocycles. The Morgan fingerprint density at radius 1 is 1.43 bits per heavy atom. The highest BCUT2D eigenvalue weighted by Crippen LogP contribution is 2.25. The van der Waals surface area contributed by atoms with Crippen molar-refractivity contribution in [3.63, 3.8) is 0 Å². The van der Waals surface area contributed by atoms with Gasteiger partial charge in [-0.2, -0.15) is 0 Å². The Labute approximate surface area is 144 Å². The molecule has 2 heterocycles. The zero-order valence-corrected chi connectivity index (χ0v) is 15.2. The predicted molar refractivity (Wildman–Crippen MR) is 97.2 cm³/mol. The lowest BCUT2D eigenvalue weighted by Crippen LogP contribution is -2.40. The minimum Gasteiger partial charge on any atom is -0.370 e. The summed E-state index contributed by atoms with van der Waals surface area (Å²) in [6, 6.07) is 5.99. The number of halogens is 1. The van der Waals surface area contributed by atoms with Gasteiger partial charge in [-0.3, -0.25) is 9.79 Å². The molecular formula is C17H21BrN4O. The predicted octanol–water partition coefficient (Wildman–Crippen LogP) is 2.93. The topological polar surface area (TPSA) is 58.4 Å². The zero-order valence-electron chi connectivity index (χ0n) is 13.6. The van der Waals surface area contributed by atoms with E-state index in [2.05, 4.69) is 36.1 Å². The molecule has 23 heavy (non-hydrogen) atoms. The van der Waals surface area contributed by atoms with Crippen molar-refractivity contribution in [2.75, 3.05) is 13.1 Å². The van der Waals surface area contributed by atoms with Gasteiger partial charge < -0.3 is 15.2 Å². The first-order valence-corrected chi connectivity index (χ1v) is 8.51. The van der Waals surface area contributed by atoms with Gasteiger partial charge in [-0.25, -0.2) is 0 Å². The molecule has 2 N–H and O–H groups in total. The molecule has 1 aliphatic rings. The molecule has 0 radical (unpaired) electrons. The van der Waals surface area contributed by atoms with E-state index in [9.17, 15) is 4.79 Å². The first-order chi connectivity index (χ1) is 10.8. The monoisotopic (exact) mass is 376 g/mol. The molecule has 1 amide bonds. The van der Waals surface area contributed by atoms with E-state index in [1.807, 2.05) is 45.2 Å². The van der Waals surface area contributed by atoms with Crippen molar-refractivity contribution in [1.29, 1.82) is 0 Å². The van der Waals surface area contributed by atoms with E-state index >= 15 is 0 Å². The van der Waals surface area contributed by atoms with Crippen LogP contribution in [-0.2, 0) is 6.54 Å². The van der Waals surface area contributed by atoms with Gasteiger partial charge in [-0.1, -0.05) is 22.0 Å². The second-order valence-corrected chi connectivity index (χ2v) is 7.71. The molecule has 122 valence electrons. The molecule has 0 spiro atoms. The van der Waals surface area contributed by atoms with Gasteiger partial charge in [0.1, 0.15) is 5.84 Å². The highest BCUT2D eigenvalue weighted by atomic mass is 79.9. The molecular weight excluding hydrogens is 356 g/mol. The second kappa shape index (κ2) is 6.00. The van der Waals surface area contributed by atoms with Crippen molar-refractivity contribution < 1.29 is 4.79 Å². The van der Waals surface area contributed by atoms with Gasteiger partial charge in [0.15, 0.2) is 0 Å². The lowest BCUT2D eigenvalue weighted by molar-refractivity contribution is 0.0921. The van der Waals surface area contributed by atoms with Crippen LogP contribution in [0, 0.1) is 0 Å². The maximum Gasteiger partial charge on any atom is 0.253 e. The largest absolute Gasteiger partial charge is 0.370 e. The number of hydrogen-bond acceptors (Lipinski definition) is 3. The molecule has 1 aromatic heterocycles. The van der Waals surface area contributed by atoms with E-state index in [4.69, 9.17) is 0 Å². The number of rotatable bonds is 3. The molecule has 5 nitrogen and oxygen atoms in total. The lowest BCUT2D eigenvalue weighted by Gasteiger charge is -2.20. The second-order valence-electron chi connectivity index (χ2n) is 6.79. The number of aromatic nitrogens is 1. The van der Waals surface area contributed by atoms with Crippen LogP contribution in [0.1, 0.15) is 31.1 Å². The number of carbonyl (C=O) groups is 1. The fourth-order valence-corrected chi connectivity index (χ4v) is 3.05. The van der Waals surface area contributed by atoms with Crippen LogP contribution in [0.5, 0.6) is 0 Å². The number of nitrogens with one attached hydrogen (secondary N) is 2. The third-order valence-electron chi connectivity index (χ3n) is 3.64. The van der Waals surface area contributed by atoms with Crippen molar-refractivity contribution in [3.05, 3.63) is 34.4 Å². The van der Waals surface area contributed by atoms with Crippen molar-refractivity contribution >= 4 is 38.6 Å². The van der Waals surface area contributed by atoms with E-state index in [-0.39, 0.29) is 11.4 Å². The number of carbonyl (C=O) groups excluding carboxylic acids is 1. The number of hydrogen-bond donors (Lipinski definition) is 2. The van der Waals surface area contributed by atoms with Crippen LogP contribution in [0.4, 0.5) is 0 Å². The summed E-state index contributed by atoms with van der Waals surface area (Å²) >= 11 is 3.51. The molecule has 0 saturated carbocycles. The third kappa shape index (κ3) is 3.58. The number of amides is 1. The average molecular weight is 377 g/mol. The molecule has 0 fully saturated rings. The van der Waals surface area contributed by atoms with Gasteiger partial charge in [-0.15, -0.1) is 0 Å². The summed E-state index contributed by atoms with van der Waals surface area (Å²) in [5.74, 6) is 0.912. The normalized spacial score (nSPS) is 14.7. The number of amidine groups is 1. The summed E-state index contributed by atoms with van der Waals surface area (Å²) < 4.78 is 3.07. The number of benzene rings is 1. The van der Waals surface area contributed by atoms with Gasteiger partial charge in [0, 0.05) is 28.1 Å². The van der Waals surface area contributed by atoms with Gasteiger partial charge in [0.05, 0.1) is 24.2 Å². The molecule has 0 atom stereocenters. The van der Waals surface area contributed by atoms with Crippen LogP contribution in [0.2, 0.25) is 0 Å². The summed E-state index contributed by atoms with van der Waals surface area (Å²) in [4.78, 5) is 17.1. The van der Waals surface area contributed by atoms with Gasteiger partial charge in [-0.05, 0) is 32.9 Å². The van der Waals surface area contributed by atoms with E-state index in [0.29, 0.717) is 12.1 Å². The Bertz CT molecular complexity index is 786. The van der Waals surface area contributed by atoms with Gasteiger partial charge >= 0.3 is 0 Å². The molecule has 0 unspecified atom stereocenters. The maximum absolute atomic E-state index is 12.6. The molecule has 3 rings (SSSR count). The molecule has 2 aromatic rings. The molecule has 0 bridgehead atoms. The summed E-state index contributed by atoms with van der Waals surface area (Å²) in [5.41, 5.74) is 1.45. The highest BCUT2D eigenvalue weighted by Gasteiger charge is 2.20. The van der Waals surface area contributed by atoms with Crippen molar-refractivity contribution in [2.24, 2.45) is 4.99 Å². The SMILES string of the molecule is CC(C)(C)NC(=O)c1cn(CC2=NCCN2)c2cc(Br)ccc12. The number of aliphatic imine (C=N–C) groups is 1. The quantitative estimate of drug-likeness (QED) is 0.864. The summed E-state index contributed by atoms with van der Waals surface area (Å²) in [5, 5.41) is 7.27.